The van der Waals surface area contributed by atoms with Crippen LogP contribution in [0.3, 0.4) is 0 Å². The van der Waals surface area contributed by atoms with E-state index in [4.69, 9.17) is 0 Å². The third-order valence-corrected chi connectivity index (χ3v) is 5.51. The highest BCUT2D eigenvalue weighted by Gasteiger charge is 2.26. The molecule has 0 saturated carbocycles. The molecule has 0 radical (unpaired) electrons. The van der Waals surface area contributed by atoms with Gasteiger partial charge in [0, 0.05) is 5.57 Å². The van der Waals surface area contributed by atoms with Gasteiger partial charge in [0.05, 0.1) is 0 Å². The van der Waals surface area contributed by atoms with E-state index < -0.39 is 5.97 Å². The van der Waals surface area contributed by atoms with Gasteiger partial charge >= 0.3 is 5.97 Å². The molecule has 0 spiro atoms. The first kappa shape index (κ1) is 23.7. The van der Waals surface area contributed by atoms with Crippen LogP contribution in [0.1, 0.15) is 88.8 Å². The van der Waals surface area contributed by atoms with Crippen LogP contribution in [0, 0.1) is 0 Å². The fraction of sp³-hybridized carbons (Fsp3) is 0.444. The quantitative estimate of drug-likeness (QED) is 0.546. The van der Waals surface area contributed by atoms with Crippen LogP contribution in [-0.4, -0.2) is 16.2 Å². The molecule has 30 heavy (non-hydrogen) atoms. The van der Waals surface area contributed by atoms with Crippen molar-refractivity contribution in [1.29, 1.82) is 0 Å². The van der Waals surface area contributed by atoms with Gasteiger partial charge in [-0.15, -0.1) is 0 Å². The maximum absolute atomic E-state index is 11.3. The molecule has 2 rings (SSSR count). The minimum atomic E-state index is -0.907. The minimum absolute atomic E-state index is 0.187. The zero-order valence-corrected chi connectivity index (χ0v) is 19.7. The molecule has 3 heteroatoms. The molecule has 0 fully saturated rings. The number of carbonyl (C=O) groups is 1. The zero-order chi connectivity index (χ0) is 22.9. The second-order valence-electron chi connectivity index (χ2n) is 10.2. The summed E-state index contributed by atoms with van der Waals surface area (Å²) in [7, 11) is 0. The molecule has 162 valence electrons. The molecule has 0 saturated heterocycles. The average Bonchev–Trinajstić information content (AvgIpc) is 2.62. The summed E-state index contributed by atoms with van der Waals surface area (Å²) in [5.74, 6) is -0.530. The molecule has 0 aliphatic carbocycles. The molecule has 0 heterocycles. The van der Waals surface area contributed by atoms with E-state index in [-0.39, 0.29) is 10.8 Å². The molecule has 2 aromatic rings. The molecule has 0 aromatic heterocycles. The first-order valence-electron chi connectivity index (χ1n) is 10.6. The van der Waals surface area contributed by atoms with Gasteiger partial charge in [0.25, 0.3) is 0 Å². The lowest BCUT2D eigenvalue weighted by Gasteiger charge is -2.28. The van der Waals surface area contributed by atoms with Gasteiger partial charge in [-0.05, 0) is 70.1 Å². The summed E-state index contributed by atoms with van der Waals surface area (Å²) in [5.41, 5.74) is 6.19. The van der Waals surface area contributed by atoms with Crippen molar-refractivity contribution in [3.63, 3.8) is 0 Å². The Balaban J connectivity index is 2.67. The third kappa shape index (κ3) is 5.53. The molecular formula is C27H36O3. The Morgan fingerprint density at radius 1 is 0.933 bits per heavy atom. The molecule has 0 unspecified atom stereocenters. The van der Waals surface area contributed by atoms with E-state index in [1.165, 1.54) is 5.56 Å². The van der Waals surface area contributed by atoms with Crippen LogP contribution < -0.4 is 0 Å². The molecule has 0 amide bonds. The molecule has 2 N–H and O–H groups in total. The van der Waals surface area contributed by atoms with Crippen LogP contribution in [0.2, 0.25) is 0 Å². The Morgan fingerprint density at radius 2 is 1.47 bits per heavy atom. The molecule has 0 aliphatic rings. The SMILES string of the molecule is CCc1ccc(C=C(C)C(=O)O)c(Cc2cc(C(C)(C)C)c(O)c(C(C)(C)C)c2)c1. The third-order valence-electron chi connectivity index (χ3n) is 5.51. The Morgan fingerprint density at radius 3 is 1.90 bits per heavy atom. The normalized spacial score (nSPS) is 12.9. The lowest BCUT2D eigenvalue weighted by Crippen LogP contribution is -2.18. The summed E-state index contributed by atoms with van der Waals surface area (Å²) >= 11 is 0. The highest BCUT2D eigenvalue weighted by molar-refractivity contribution is 5.91. The predicted octanol–water partition coefficient (Wildman–Crippen LogP) is 6.63. The number of hydrogen-bond acceptors (Lipinski definition) is 2. The predicted molar refractivity (Wildman–Crippen MR) is 125 cm³/mol. The van der Waals surface area contributed by atoms with Crippen LogP contribution in [0.4, 0.5) is 0 Å². The van der Waals surface area contributed by atoms with Gasteiger partial charge in [0.15, 0.2) is 0 Å². The van der Waals surface area contributed by atoms with E-state index in [2.05, 4.69) is 72.7 Å². The standard InChI is InChI=1S/C27H36O3/c1-9-18-10-11-20(12-17(2)25(29)30)21(13-18)14-19-15-22(26(3,4)5)24(28)23(16-19)27(6,7)8/h10-13,15-16,28H,9,14H2,1-8H3,(H,29,30). The zero-order valence-electron chi connectivity index (χ0n) is 19.7. The number of aromatic hydroxyl groups is 1. The number of phenolic OH excluding ortho intramolecular Hbond substituents is 1. The molecule has 3 nitrogen and oxygen atoms in total. The second-order valence-corrected chi connectivity index (χ2v) is 10.2. The highest BCUT2D eigenvalue weighted by Crippen LogP contribution is 2.40. The van der Waals surface area contributed by atoms with Crippen molar-refractivity contribution in [2.75, 3.05) is 0 Å². The van der Waals surface area contributed by atoms with Crippen molar-refractivity contribution in [3.05, 3.63) is 69.3 Å². The molecule has 0 aliphatic heterocycles. The first-order chi connectivity index (χ1) is 13.7. The van der Waals surface area contributed by atoms with E-state index in [9.17, 15) is 15.0 Å². The van der Waals surface area contributed by atoms with Gasteiger partial charge in [0.2, 0.25) is 0 Å². The Hall–Kier alpha value is -2.55. The van der Waals surface area contributed by atoms with Gasteiger partial charge in [0.1, 0.15) is 5.75 Å². The number of carboxylic acids is 1. The Kier molecular flexibility index (Phi) is 6.86. The van der Waals surface area contributed by atoms with Crippen molar-refractivity contribution in [2.45, 2.75) is 79.1 Å². The average molecular weight is 409 g/mol. The van der Waals surface area contributed by atoms with E-state index in [1.54, 1.807) is 13.0 Å². The Labute approximate surface area is 181 Å². The number of aliphatic carboxylic acids is 1. The van der Waals surface area contributed by atoms with E-state index in [0.29, 0.717) is 17.7 Å². The summed E-state index contributed by atoms with van der Waals surface area (Å²) in [6, 6.07) is 10.4. The summed E-state index contributed by atoms with van der Waals surface area (Å²) in [6.07, 6.45) is 3.34. The number of benzene rings is 2. The lowest BCUT2D eigenvalue weighted by molar-refractivity contribution is -0.132. The van der Waals surface area contributed by atoms with E-state index >= 15 is 0 Å². The summed E-state index contributed by atoms with van der Waals surface area (Å²) in [5, 5.41) is 20.3. The number of aryl methyl sites for hydroxylation is 1. The van der Waals surface area contributed by atoms with Gasteiger partial charge in [-0.2, -0.15) is 0 Å². The highest BCUT2D eigenvalue weighted by atomic mass is 16.4. The minimum Gasteiger partial charge on any atom is -0.507 e. The van der Waals surface area contributed by atoms with Crippen molar-refractivity contribution < 1.29 is 15.0 Å². The van der Waals surface area contributed by atoms with Crippen molar-refractivity contribution in [2.24, 2.45) is 0 Å². The smallest absolute Gasteiger partial charge is 0.331 e. The van der Waals surface area contributed by atoms with E-state index in [1.807, 2.05) is 6.07 Å². The fourth-order valence-electron chi connectivity index (χ4n) is 3.63. The second kappa shape index (κ2) is 8.67. The van der Waals surface area contributed by atoms with Crippen LogP contribution in [0.25, 0.3) is 6.08 Å². The van der Waals surface area contributed by atoms with Crippen molar-refractivity contribution in [1.82, 2.24) is 0 Å². The van der Waals surface area contributed by atoms with E-state index in [0.717, 1.165) is 34.2 Å². The fourth-order valence-corrected chi connectivity index (χ4v) is 3.63. The lowest BCUT2D eigenvalue weighted by atomic mass is 9.77. The molecular weight excluding hydrogens is 372 g/mol. The molecule has 0 bridgehead atoms. The van der Waals surface area contributed by atoms with Gasteiger partial charge in [-0.1, -0.05) is 78.8 Å². The van der Waals surface area contributed by atoms with Gasteiger partial charge < -0.3 is 10.2 Å². The molecule has 0 atom stereocenters. The van der Waals surface area contributed by atoms with Crippen LogP contribution >= 0.6 is 0 Å². The summed E-state index contributed by atoms with van der Waals surface area (Å²) in [4.78, 5) is 11.3. The Bertz CT molecular complexity index is 932. The van der Waals surface area contributed by atoms with Crippen molar-refractivity contribution >= 4 is 12.0 Å². The summed E-state index contributed by atoms with van der Waals surface area (Å²) < 4.78 is 0. The van der Waals surface area contributed by atoms with Crippen LogP contribution in [-0.2, 0) is 28.5 Å². The number of phenols is 1. The maximum atomic E-state index is 11.3. The summed E-state index contributed by atoms with van der Waals surface area (Å²) in [6.45, 7) is 16.4. The number of rotatable bonds is 5. The van der Waals surface area contributed by atoms with Crippen LogP contribution in [0.5, 0.6) is 5.75 Å². The molecule has 2 aromatic carbocycles. The first-order valence-corrected chi connectivity index (χ1v) is 10.6. The maximum Gasteiger partial charge on any atom is 0.331 e. The van der Waals surface area contributed by atoms with Gasteiger partial charge in [-0.3, -0.25) is 0 Å². The number of hydrogen-bond donors (Lipinski definition) is 2. The number of carboxylic acid groups (broad SMARTS) is 1. The monoisotopic (exact) mass is 408 g/mol. The topological polar surface area (TPSA) is 57.5 Å². The largest absolute Gasteiger partial charge is 0.507 e. The van der Waals surface area contributed by atoms with Gasteiger partial charge in [-0.25, -0.2) is 4.79 Å². The van der Waals surface area contributed by atoms with Crippen molar-refractivity contribution in [3.8, 4) is 5.75 Å². The van der Waals surface area contributed by atoms with Crippen LogP contribution in [0.15, 0.2) is 35.9 Å².